The average Bonchev–Trinajstić information content (AvgIpc) is 2.95. The molecular weight excluding hydrogens is 317 g/mol. The van der Waals surface area contributed by atoms with Crippen LogP contribution >= 0.6 is 23.2 Å². The highest BCUT2D eigenvalue weighted by Crippen LogP contribution is 2.28. The van der Waals surface area contributed by atoms with E-state index in [0.29, 0.717) is 21.6 Å². The maximum atomic E-state index is 12.0. The predicted octanol–water partition coefficient (Wildman–Crippen LogP) is 2.15. The van der Waals surface area contributed by atoms with Gasteiger partial charge in [0.1, 0.15) is 5.75 Å². The summed E-state index contributed by atoms with van der Waals surface area (Å²) in [5, 5.41) is 16.9. The lowest BCUT2D eigenvalue weighted by Crippen LogP contribution is -2.38. The largest absolute Gasteiger partial charge is 0.479 e. The summed E-state index contributed by atoms with van der Waals surface area (Å²) in [4.78, 5) is 12.0. The number of carbonyl (C=O) groups is 1. The molecule has 2 N–H and O–H groups in total. The third-order valence-electron chi connectivity index (χ3n) is 2.67. The molecule has 1 amide bonds. The van der Waals surface area contributed by atoms with Crippen molar-refractivity contribution in [3.05, 3.63) is 34.1 Å². The number of hydrogen-bond acceptors (Lipinski definition) is 5. The van der Waals surface area contributed by atoms with Crippen molar-refractivity contribution in [3.8, 4) is 5.75 Å². The van der Waals surface area contributed by atoms with Crippen LogP contribution in [0.5, 0.6) is 5.75 Å². The average molecular weight is 330 g/mol. The lowest BCUT2D eigenvalue weighted by molar-refractivity contribution is -0.128. The van der Waals surface area contributed by atoms with Gasteiger partial charge in [0.15, 0.2) is 11.9 Å². The van der Waals surface area contributed by atoms with Gasteiger partial charge in [-0.05, 0) is 32.0 Å². The molecular formula is C12H13Cl2N5O2. The second-order valence-electron chi connectivity index (χ2n) is 4.34. The Kier molecular flexibility index (Phi) is 4.98. The predicted molar refractivity (Wildman–Crippen MR) is 77.3 cm³/mol. The van der Waals surface area contributed by atoms with E-state index in [0.717, 1.165) is 0 Å². The quantitative estimate of drug-likeness (QED) is 0.876. The summed E-state index contributed by atoms with van der Waals surface area (Å²) >= 11 is 11.8. The van der Waals surface area contributed by atoms with E-state index >= 15 is 0 Å². The number of amides is 1. The van der Waals surface area contributed by atoms with Crippen LogP contribution in [0.25, 0.3) is 0 Å². The Labute approximate surface area is 131 Å². The van der Waals surface area contributed by atoms with Crippen LogP contribution in [0.2, 0.25) is 10.0 Å². The highest BCUT2D eigenvalue weighted by atomic mass is 35.5. The lowest BCUT2D eigenvalue weighted by Gasteiger charge is -2.17. The second-order valence-corrected chi connectivity index (χ2v) is 5.18. The highest BCUT2D eigenvalue weighted by molar-refractivity contribution is 6.35. The summed E-state index contributed by atoms with van der Waals surface area (Å²) in [5.41, 5.74) is 0. The van der Waals surface area contributed by atoms with Crippen molar-refractivity contribution in [1.29, 1.82) is 0 Å². The molecule has 1 aromatic heterocycles. The molecule has 21 heavy (non-hydrogen) atoms. The van der Waals surface area contributed by atoms with Crippen LogP contribution in [0.15, 0.2) is 18.2 Å². The molecule has 0 aliphatic heterocycles. The molecule has 2 rings (SSSR count). The third kappa shape index (κ3) is 4.05. The molecule has 112 valence electrons. The van der Waals surface area contributed by atoms with Gasteiger partial charge in [0, 0.05) is 5.02 Å². The van der Waals surface area contributed by atoms with E-state index in [1.54, 1.807) is 32.0 Å². The topological polar surface area (TPSA) is 92.8 Å². The van der Waals surface area contributed by atoms with Crippen molar-refractivity contribution in [1.82, 2.24) is 25.9 Å². The Balaban J connectivity index is 1.96. The van der Waals surface area contributed by atoms with Crippen LogP contribution in [0, 0.1) is 0 Å². The van der Waals surface area contributed by atoms with Crippen LogP contribution in [0.4, 0.5) is 0 Å². The number of aromatic nitrogens is 4. The van der Waals surface area contributed by atoms with Crippen LogP contribution in [0.3, 0.4) is 0 Å². The number of H-pyrrole nitrogens is 1. The summed E-state index contributed by atoms with van der Waals surface area (Å²) in [6.07, 6.45) is -0.738. The van der Waals surface area contributed by atoms with E-state index in [-0.39, 0.29) is 11.9 Å². The molecule has 1 aromatic carbocycles. The molecule has 0 spiro atoms. The molecule has 7 nitrogen and oxygen atoms in total. The molecule has 2 aromatic rings. The fourth-order valence-corrected chi connectivity index (χ4v) is 2.02. The van der Waals surface area contributed by atoms with E-state index in [4.69, 9.17) is 27.9 Å². The summed E-state index contributed by atoms with van der Waals surface area (Å²) in [5.74, 6) is 0.453. The summed E-state index contributed by atoms with van der Waals surface area (Å²) in [6, 6.07) is 4.40. The van der Waals surface area contributed by atoms with Crippen molar-refractivity contribution < 1.29 is 9.53 Å². The second kappa shape index (κ2) is 6.73. The molecule has 0 aliphatic rings. The standard InChI is InChI=1S/C12H13Cl2N5O2/c1-6(11-16-18-19-17-11)15-12(20)7(2)21-10-4-3-8(13)5-9(10)14/h3-7H,1-2H3,(H,15,20)(H,16,17,18,19). The van der Waals surface area contributed by atoms with E-state index in [1.807, 2.05) is 0 Å². The Morgan fingerprint density at radius 2 is 2.14 bits per heavy atom. The zero-order chi connectivity index (χ0) is 15.4. The molecule has 0 aliphatic carbocycles. The van der Waals surface area contributed by atoms with Gasteiger partial charge in [0.05, 0.1) is 11.1 Å². The molecule has 2 atom stereocenters. The van der Waals surface area contributed by atoms with Gasteiger partial charge in [-0.15, -0.1) is 10.2 Å². The van der Waals surface area contributed by atoms with Crippen LogP contribution < -0.4 is 10.1 Å². The molecule has 0 bridgehead atoms. The maximum absolute atomic E-state index is 12.0. The van der Waals surface area contributed by atoms with Crippen LogP contribution in [-0.2, 0) is 4.79 Å². The third-order valence-corrected chi connectivity index (χ3v) is 3.21. The highest BCUT2D eigenvalue weighted by Gasteiger charge is 2.20. The fourth-order valence-electron chi connectivity index (χ4n) is 1.56. The number of halogens is 2. The number of rotatable bonds is 5. The number of benzene rings is 1. The Morgan fingerprint density at radius 1 is 1.38 bits per heavy atom. The Bertz CT molecular complexity index is 620. The number of ether oxygens (including phenoxy) is 1. The van der Waals surface area contributed by atoms with Crippen LogP contribution in [-0.4, -0.2) is 32.6 Å². The minimum absolute atomic E-state index is 0.321. The van der Waals surface area contributed by atoms with Gasteiger partial charge in [-0.3, -0.25) is 4.79 Å². The van der Waals surface area contributed by atoms with Gasteiger partial charge in [-0.2, -0.15) is 5.21 Å². The summed E-state index contributed by atoms with van der Waals surface area (Å²) in [6.45, 7) is 3.36. The number of nitrogens with one attached hydrogen (secondary N) is 2. The first-order valence-corrected chi connectivity index (χ1v) is 6.88. The van der Waals surface area contributed by atoms with Gasteiger partial charge < -0.3 is 10.1 Å². The molecule has 1 heterocycles. The molecule has 0 fully saturated rings. The Morgan fingerprint density at radius 3 is 2.76 bits per heavy atom. The summed E-state index contributed by atoms with van der Waals surface area (Å²) in [7, 11) is 0. The molecule has 0 radical (unpaired) electrons. The maximum Gasteiger partial charge on any atom is 0.261 e. The van der Waals surface area contributed by atoms with Gasteiger partial charge in [0.25, 0.3) is 5.91 Å². The molecule has 0 saturated heterocycles. The van der Waals surface area contributed by atoms with Crippen molar-refractivity contribution >= 4 is 29.1 Å². The van der Waals surface area contributed by atoms with Crippen LogP contribution in [0.1, 0.15) is 25.7 Å². The molecule has 0 saturated carbocycles. The first kappa shape index (κ1) is 15.5. The zero-order valence-electron chi connectivity index (χ0n) is 11.3. The zero-order valence-corrected chi connectivity index (χ0v) is 12.8. The number of aromatic amines is 1. The normalized spacial score (nSPS) is 13.5. The number of tetrazole rings is 1. The fraction of sp³-hybridized carbons (Fsp3) is 0.333. The first-order chi connectivity index (χ1) is 9.97. The van der Waals surface area contributed by atoms with Gasteiger partial charge in [-0.1, -0.05) is 28.4 Å². The minimum Gasteiger partial charge on any atom is -0.479 e. The van der Waals surface area contributed by atoms with E-state index < -0.39 is 6.10 Å². The lowest BCUT2D eigenvalue weighted by atomic mass is 10.2. The van der Waals surface area contributed by atoms with Crippen molar-refractivity contribution in [2.24, 2.45) is 0 Å². The number of nitrogens with zero attached hydrogens (tertiary/aromatic N) is 3. The van der Waals surface area contributed by atoms with Crippen molar-refractivity contribution in [3.63, 3.8) is 0 Å². The molecule has 9 heteroatoms. The van der Waals surface area contributed by atoms with E-state index in [9.17, 15) is 4.79 Å². The number of carbonyl (C=O) groups excluding carboxylic acids is 1. The SMILES string of the molecule is CC(Oc1ccc(Cl)cc1Cl)C(=O)NC(C)c1nn[nH]n1. The van der Waals surface area contributed by atoms with Gasteiger partial charge >= 0.3 is 0 Å². The van der Waals surface area contributed by atoms with Gasteiger partial charge in [-0.25, -0.2) is 0 Å². The van der Waals surface area contributed by atoms with Gasteiger partial charge in [0.2, 0.25) is 0 Å². The minimum atomic E-state index is -0.738. The number of hydrogen-bond donors (Lipinski definition) is 2. The molecule has 2 unspecified atom stereocenters. The Hall–Kier alpha value is -1.86. The van der Waals surface area contributed by atoms with Crippen molar-refractivity contribution in [2.75, 3.05) is 0 Å². The van der Waals surface area contributed by atoms with E-state index in [1.165, 1.54) is 0 Å². The first-order valence-electron chi connectivity index (χ1n) is 6.13. The van der Waals surface area contributed by atoms with Crippen molar-refractivity contribution in [2.45, 2.75) is 26.0 Å². The van der Waals surface area contributed by atoms with E-state index in [2.05, 4.69) is 25.9 Å². The smallest absolute Gasteiger partial charge is 0.261 e. The monoisotopic (exact) mass is 329 g/mol. The summed E-state index contributed by atoms with van der Waals surface area (Å²) < 4.78 is 5.51.